The maximum Gasteiger partial charge on any atom is 0.225 e. The largest absolute Gasteiger partial charge is 0.381 e. The summed E-state index contributed by atoms with van der Waals surface area (Å²) in [6.45, 7) is 1.83. The molecule has 1 atom stereocenters. The quantitative estimate of drug-likeness (QED) is 0.793. The fourth-order valence-corrected chi connectivity index (χ4v) is 1.58. The van der Waals surface area contributed by atoms with Crippen molar-refractivity contribution in [2.45, 2.75) is 13.0 Å². The number of hydrogen-bond acceptors (Lipinski definition) is 3. The van der Waals surface area contributed by atoms with E-state index in [1.54, 1.807) is 12.4 Å². The highest BCUT2D eigenvalue weighted by molar-refractivity contribution is 5.78. The Balaban J connectivity index is 1.80. The molecule has 1 saturated heterocycles. The Kier molecular flexibility index (Phi) is 3.29. The first-order chi connectivity index (χ1) is 7.36. The maximum atomic E-state index is 11.6. The summed E-state index contributed by atoms with van der Waals surface area (Å²) in [5.41, 5.74) is 1.07. The van der Waals surface area contributed by atoms with Crippen molar-refractivity contribution >= 4 is 5.91 Å². The van der Waals surface area contributed by atoms with Crippen molar-refractivity contribution in [3.8, 4) is 0 Å². The number of amides is 1. The van der Waals surface area contributed by atoms with E-state index in [0.29, 0.717) is 19.8 Å². The van der Waals surface area contributed by atoms with Crippen LogP contribution in [0.15, 0.2) is 24.5 Å². The van der Waals surface area contributed by atoms with E-state index >= 15 is 0 Å². The molecule has 0 bridgehead atoms. The van der Waals surface area contributed by atoms with Gasteiger partial charge in [-0.25, -0.2) is 0 Å². The molecule has 0 saturated carbocycles. The topological polar surface area (TPSA) is 51.2 Å². The molecule has 2 rings (SSSR count). The molecule has 15 heavy (non-hydrogen) atoms. The fraction of sp³-hybridized carbons (Fsp3) is 0.455. The molecule has 1 aliphatic heterocycles. The second-order valence-electron chi connectivity index (χ2n) is 3.63. The first kappa shape index (κ1) is 10.1. The van der Waals surface area contributed by atoms with Gasteiger partial charge in [-0.2, -0.15) is 0 Å². The lowest BCUT2D eigenvalue weighted by molar-refractivity contribution is -0.125. The molecule has 80 valence electrons. The third-order valence-electron chi connectivity index (χ3n) is 2.52. The predicted octanol–water partition coefficient (Wildman–Crippen LogP) is 0.734. The summed E-state index contributed by atoms with van der Waals surface area (Å²) < 4.78 is 5.16. The van der Waals surface area contributed by atoms with E-state index in [9.17, 15) is 4.79 Å². The van der Waals surface area contributed by atoms with Gasteiger partial charge in [0, 0.05) is 25.5 Å². The number of ether oxygens (including phenoxy) is 1. The number of pyridine rings is 1. The van der Waals surface area contributed by atoms with Crippen molar-refractivity contribution in [3.05, 3.63) is 30.1 Å². The van der Waals surface area contributed by atoms with Gasteiger partial charge in [0.25, 0.3) is 0 Å². The lowest BCUT2D eigenvalue weighted by Gasteiger charge is -2.08. The zero-order chi connectivity index (χ0) is 10.5. The number of rotatable bonds is 3. The molecule has 1 fully saturated rings. The normalized spacial score (nSPS) is 20.1. The van der Waals surface area contributed by atoms with Crippen LogP contribution in [0.3, 0.4) is 0 Å². The molecule has 0 aliphatic carbocycles. The maximum absolute atomic E-state index is 11.6. The Labute approximate surface area is 88.7 Å². The summed E-state index contributed by atoms with van der Waals surface area (Å²) in [6.07, 6.45) is 4.28. The van der Waals surface area contributed by atoms with E-state index in [1.165, 1.54) is 0 Å². The van der Waals surface area contributed by atoms with Gasteiger partial charge in [0.05, 0.1) is 12.5 Å². The predicted molar refractivity (Wildman–Crippen MR) is 55.0 cm³/mol. The van der Waals surface area contributed by atoms with Gasteiger partial charge >= 0.3 is 0 Å². The third-order valence-corrected chi connectivity index (χ3v) is 2.52. The average Bonchev–Trinajstić information content (AvgIpc) is 2.81. The van der Waals surface area contributed by atoms with Gasteiger partial charge in [-0.15, -0.1) is 0 Å². The summed E-state index contributed by atoms with van der Waals surface area (Å²) in [5, 5.41) is 2.89. The van der Waals surface area contributed by atoms with Crippen LogP contribution in [-0.2, 0) is 16.1 Å². The molecular formula is C11H14N2O2. The Morgan fingerprint density at radius 2 is 2.33 bits per heavy atom. The van der Waals surface area contributed by atoms with E-state index < -0.39 is 0 Å². The highest BCUT2D eigenvalue weighted by atomic mass is 16.5. The molecule has 0 aromatic carbocycles. The highest BCUT2D eigenvalue weighted by Gasteiger charge is 2.22. The molecular weight excluding hydrogens is 192 g/mol. The van der Waals surface area contributed by atoms with Gasteiger partial charge in [-0.05, 0) is 24.1 Å². The minimum absolute atomic E-state index is 0.0341. The van der Waals surface area contributed by atoms with E-state index in [4.69, 9.17) is 4.74 Å². The van der Waals surface area contributed by atoms with Gasteiger partial charge in [-0.1, -0.05) is 0 Å². The smallest absolute Gasteiger partial charge is 0.225 e. The van der Waals surface area contributed by atoms with Crippen molar-refractivity contribution in [2.75, 3.05) is 13.2 Å². The molecule has 4 nitrogen and oxygen atoms in total. The minimum atomic E-state index is 0.0341. The van der Waals surface area contributed by atoms with Crippen molar-refractivity contribution < 1.29 is 9.53 Å². The van der Waals surface area contributed by atoms with E-state index in [-0.39, 0.29) is 11.8 Å². The first-order valence-electron chi connectivity index (χ1n) is 5.10. The standard InChI is InChI=1S/C11H14N2O2/c14-11(10-3-6-15-8-10)13-7-9-1-4-12-5-2-9/h1-2,4-5,10H,3,6-8H2,(H,13,14). The third kappa shape index (κ3) is 2.76. The van der Waals surface area contributed by atoms with Crippen molar-refractivity contribution in [1.82, 2.24) is 10.3 Å². The van der Waals surface area contributed by atoms with Crippen LogP contribution >= 0.6 is 0 Å². The lowest BCUT2D eigenvalue weighted by atomic mass is 10.1. The fourth-order valence-electron chi connectivity index (χ4n) is 1.58. The minimum Gasteiger partial charge on any atom is -0.381 e. The van der Waals surface area contributed by atoms with Crippen LogP contribution in [0.4, 0.5) is 0 Å². The van der Waals surface area contributed by atoms with Crippen molar-refractivity contribution in [2.24, 2.45) is 5.92 Å². The molecule has 1 amide bonds. The van der Waals surface area contributed by atoms with E-state index in [0.717, 1.165) is 12.0 Å². The summed E-state index contributed by atoms with van der Waals surface area (Å²) in [4.78, 5) is 15.5. The van der Waals surface area contributed by atoms with Crippen LogP contribution < -0.4 is 5.32 Å². The van der Waals surface area contributed by atoms with E-state index in [1.807, 2.05) is 12.1 Å². The average molecular weight is 206 g/mol. The SMILES string of the molecule is O=C(NCc1ccncc1)C1CCOC1. The number of hydrogen-bond donors (Lipinski definition) is 1. The summed E-state index contributed by atoms with van der Waals surface area (Å²) in [5.74, 6) is 0.121. The molecule has 1 unspecified atom stereocenters. The van der Waals surface area contributed by atoms with Gasteiger partial charge in [0.15, 0.2) is 0 Å². The van der Waals surface area contributed by atoms with Gasteiger partial charge < -0.3 is 10.1 Å². The van der Waals surface area contributed by atoms with Crippen LogP contribution in [0.5, 0.6) is 0 Å². The molecule has 1 N–H and O–H groups in total. The van der Waals surface area contributed by atoms with Crippen molar-refractivity contribution in [3.63, 3.8) is 0 Å². The molecule has 4 heteroatoms. The lowest BCUT2D eigenvalue weighted by Crippen LogP contribution is -2.30. The molecule has 0 spiro atoms. The summed E-state index contributed by atoms with van der Waals surface area (Å²) in [6, 6.07) is 3.79. The number of nitrogens with one attached hydrogen (secondary N) is 1. The zero-order valence-corrected chi connectivity index (χ0v) is 8.48. The number of carbonyl (C=O) groups excluding carboxylic acids is 1. The molecule has 1 aliphatic rings. The molecule has 1 aromatic heterocycles. The van der Waals surface area contributed by atoms with Crippen molar-refractivity contribution in [1.29, 1.82) is 0 Å². The van der Waals surface area contributed by atoms with Gasteiger partial charge in [0.2, 0.25) is 5.91 Å². The second kappa shape index (κ2) is 4.89. The van der Waals surface area contributed by atoms with Crippen LogP contribution in [-0.4, -0.2) is 24.1 Å². The van der Waals surface area contributed by atoms with Crippen LogP contribution in [0.25, 0.3) is 0 Å². The van der Waals surface area contributed by atoms with Crippen LogP contribution in [0.2, 0.25) is 0 Å². The van der Waals surface area contributed by atoms with Gasteiger partial charge in [0.1, 0.15) is 0 Å². The highest BCUT2D eigenvalue weighted by Crippen LogP contribution is 2.12. The number of nitrogens with zero attached hydrogens (tertiary/aromatic N) is 1. The Hall–Kier alpha value is -1.42. The van der Waals surface area contributed by atoms with Crippen LogP contribution in [0, 0.1) is 5.92 Å². The molecule has 2 heterocycles. The Bertz CT molecular complexity index is 321. The Morgan fingerprint density at radius 1 is 1.53 bits per heavy atom. The zero-order valence-electron chi connectivity index (χ0n) is 8.48. The summed E-state index contributed by atoms with van der Waals surface area (Å²) >= 11 is 0. The van der Waals surface area contributed by atoms with Gasteiger partial charge in [-0.3, -0.25) is 9.78 Å². The monoisotopic (exact) mass is 206 g/mol. The summed E-state index contributed by atoms with van der Waals surface area (Å²) in [7, 11) is 0. The van der Waals surface area contributed by atoms with E-state index in [2.05, 4.69) is 10.3 Å². The molecule has 1 aromatic rings. The molecule has 0 radical (unpaired) electrons. The first-order valence-corrected chi connectivity index (χ1v) is 5.10. The Morgan fingerprint density at radius 3 is 3.00 bits per heavy atom. The number of aromatic nitrogens is 1. The number of carbonyl (C=O) groups is 1. The van der Waals surface area contributed by atoms with Crippen LogP contribution in [0.1, 0.15) is 12.0 Å². The second-order valence-corrected chi connectivity index (χ2v) is 3.63.